The van der Waals surface area contributed by atoms with E-state index in [2.05, 4.69) is 15.3 Å². The number of rotatable bonds is 2. The van der Waals surface area contributed by atoms with Crippen LogP contribution < -0.4 is 5.32 Å². The van der Waals surface area contributed by atoms with E-state index in [4.69, 9.17) is 0 Å². The highest BCUT2D eigenvalue weighted by Gasteiger charge is 1.85. The molecule has 0 unspecified atom stereocenters. The van der Waals surface area contributed by atoms with Gasteiger partial charge in [-0.3, -0.25) is 0 Å². The van der Waals surface area contributed by atoms with Crippen molar-refractivity contribution in [2.75, 3.05) is 7.05 Å². The molecule has 0 saturated carbocycles. The number of nitrogens with zero attached hydrogens (tertiary/aromatic N) is 1. The first-order chi connectivity index (χ1) is 5.93. The zero-order valence-corrected chi connectivity index (χ0v) is 8.81. The lowest BCUT2D eigenvalue weighted by Crippen LogP contribution is -2.04. The summed E-state index contributed by atoms with van der Waals surface area (Å²) in [5.74, 6) is 0. The molecule has 0 amide bonds. The van der Waals surface area contributed by atoms with Crippen molar-refractivity contribution >= 4 is 0 Å². The molecule has 0 fully saturated rings. The Balaban J connectivity index is 0. The Hall–Kier alpha value is -0.830. The predicted molar refractivity (Wildman–Crippen MR) is 54.0 cm³/mol. The average molecular weight is 171 g/mol. The van der Waals surface area contributed by atoms with Crippen molar-refractivity contribution in [1.82, 2.24) is 15.3 Å². The van der Waals surface area contributed by atoms with Crippen molar-refractivity contribution in [3.8, 4) is 0 Å². The van der Waals surface area contributed by atoms with Gasteiger partial charge in [-0.1, -0.05) is 27.7 Å². The molecule has 3 heteroatoms. The van der Waals surface area contributed by atoms with E-state index in [-0.39, 0.29) is 0 Å². The Bertz CT molecular complexity index is 135. The third kappa shape index (κ3) is 7.28. The topological polar surface area (TPSA) is 40.7 Å². The van der Waals surface area contributed by atoms with Crippen LogP contribution in [0.2, 0.25) is 0 Å². The molecule has 0 aliphatic carbocycles. The molecular formula is C9H21N3. The predicted octanol–water partition coefficient (Wildman–Crippen LogP) is 2.18. The van der Waals surface area contributed by atoms with Crippen molar-refractivity contribution in [3.05, 3.63) is 18.2 Å². The standard InChI is InChI=1S/C5H9N3.2C2H6/c1-6-2-5-3-7-4-8-5;2*1-2/h3-4,6H,2H2,1H3,(H,7,8);2*1-2H3. The maximum Gasteiger partial charge on any atom is 0.0922 e. The number of hydrogen-bond acceptors (Lipinski definition) is 2. The molecule has 0 bridgehead atoms. The highest BCUT2D eigenvalue weighted by Crippen LogP contribution is 1.86. The molecule has 0 saturated heterocycles. The van der Waals surface area contributed by atoms with Crippen LogP contribution in [0.5, 0.6) is 0 Å². The van der Waals surface area contributed by atoms with Crippen LogP contribution in [0, 0.1) is 0 Å². The summed E-state index contributed by atoms with van der Waals surface area (Å²) in [5.41, 5.74) is 1.12. The quantitative estimate of drug-likeness (QED) is 0.716. The van der Waals surface area contributed by atoms with Crippen molar-refractivity contribution < 1.29 is 0 Å². The average Bonchev–Trinajstić information content (AvgIpc) is 2.65. The minimum absolute atomic E-state index is 0.861. The van der Waals surface area contributed by atoms with Gasteiger partial charge in [0, 0.05) is 18.4 Å². The zero-order valence-electron chi connectivity index (χ0n) is 8.81. The molecular weight excluding hydrogens is 150 g/mol. The largest absolute Gasteiger partial charge is 0.347 e. The third-order valence-electron chi connectivity index (χ3n) is 0.922. The summed E-state index contributed by atoms with van der Waals surface area (Å²) >= 11 is 0. The summed E-state index contributed by atoms with van der Waals surface area (Å²) in [4.78, 5) is 6.81. The van der Waals surface area contributed by atoms with Gasteiger partial charge in [0.25, 0.3) is 0 Å². The molecule has 1 aromatic heterocycles. The molecule has 0 aliphatic heterocycles. The molecule has 12 heavy (non-hydrogen) atoms. The number of hydrogen-bond donors (Lipinski definition) is 2. The zero-order chi connectivity index (χ0) is 9.82. The fourth-order valence-corrected chi connectivity index (χ4v) is 0.572. The van der Waals surface area contributed by atoms with Gasteiger partial charge in [0.2, 0.25) is 0 Å². The Kier molecular flexibility index (Phi) is 14.7. The lowest BCUT2D eigenvalue weighted by Gasteiger charge is -1.89. The van der Waals surface area contributed by atoms with E-state index >= 15 is 0 Å². The highest BCUT2D eigenvalue weighted by molar-refractivity contribution is 4.92. The summed E-state index contributed by atoms with van der Waals surface area (Å²) in [6, 6.07) is 0. The minimum Gasteiger partial charge on any atom is -0.347 e. The van der Waals surface area contributed by atoms with Crippen LogP contribution in [0.4, 0.5) is 0 Å². The SMILES string of the molecule is CC.CC.CNCc1cnc[nH]1. The van der Waals surface area contributed by atoms with Crippen molar-refractivity contribution in [1.29, 1.82) is 0 Å². The number of nitrogens with one attached hydrogen (secondary N) is 2. The van der Waals surface area contributed by atoms with Crippen LogP contribution >= 0.6 is 0 Å². The van der Waals surface area contributed by atoms with Gasteiger partial charge in [0.15, 0.2) is 0 Å². The molecule has 1 rings (SSSR count). The first-order valence-electron chi connectivity index (χ1n) is 4.55. The molecule has 0 aromatic carbocycles. The summed E-state index contributed by atoms with van der Waals surface area (Å²) < 4.78 is 0. The Morgan fingerprint density at radius 2 is 1.92 bits per heavy atom. The molecule has 1 aromatic rings. The first-order valence-corrected chi connectivity index (χ1v) is 4.55. The third-order valence-corrected chi connectivity index (χ3v) is 0.922. The fraction of sp³-hybridized carbons (Fsp3) is 0.667. The normalized spacial score (nSPS) is 7.42. The lowest BCUT2D eigenvalue weighted by molar-refractivity contribution is 0.797. The molecule has 2 N–H and O–H groups in total. The van der Waals surface area contributed by atoms with Gasteiger partial charge in [-0.05, 0) is 7.05 Å². The molecule has 0 aliphatic rings. The maximum atomic E-state index is 3.85. The number of H-pyrrole nitrogens is 1. The number of imidazole rings is 1. The molecule has 0 radical (unpaired) electrons. The lowest BCUT2D eigenvalue weighted by atomic mass is 10.5. The van der Waals surface area contributed by atoms with E-state index in [0.29, 0.717) is 0 Å². The van der Waals surface area contributed by atoms with Gasteiger partial charge in [0.05, 0.1) is 6.33 Å². The van der Waals surface area contributed by atoms with Crippen molar-refractivity contribution in [2.45, 2.75) is 34.2 Å². The second kappa shape index (κ2) is 12.8. The van der Waals surface area contributed by atoms with Gasteiger partial charge < -0.3 is 10.3 Å². The molecule has 72 valence electrons. The van der Waals surface area contributed by atoms with Crippen LogP contribution in [0.15, 0.2) is 12.5 Å². The minimum atomic E-state index is 0.861. The summed E-state index contributed by atoms with van der Waals surface area (Å²) in [6.07, 6.45) is 3.48. The monoisotopic (exact) mass is 171 g/mol. The number of aromatic nitrogens is 2. The van der Waals surface area contributed by atoms with Gasteiger partial charge in [-0.15, -0.1) is 0 Å². The van der Waals surface area contributed by atoms with E-state index in [9.17, 15) is 0 Å². The van der Waals surface area contributed by atoms with Gasteiger partial charge in [-0.2, -0.15) is 0 Å². The summed E-state index contributed by atoms with van der Waals surface area (Å²) in [7, 11) is 1.90. The molecule has 3 nitrogen and oxygen atoms in total. The van der Waals surface area contributed by atoms with Crippen LogP contribution in [-0.4, -0.2) is 17.0 Å². The van der Waals surface area contributed by atoms with Crippen molar-refractivity contribution in [2.24, 2.45) is 0 Å². The van der Waals surface area contributed by atoms with E-state index in [0.717, 1.165) is 12.2 Å². The van der Waals surface area contributed by atoms with Gasteiger partial charge in [-0.25, -0.2) is 4.98 Å². The molecule has 0 atom stereocenters. The van der Waals surface area contributed by atoms with Crippen LogP contribution in [0.1, 0.15) is 33.4 Å². The van der Waals surface area contributed by atoms with Crippen LogP contribution in [-0.2, 0) is 6.54 Å². The van der Waals surface area contributed by atoms with E-state index < -0.39 is 0 Å². The first kappa shape index (κ1) is 13.7. The van der Waals surface area contributed by atoms with Crippen molar-refractivity contribution in [3.63, 3.8) is 0 Å². The van der Waals surface area contributed by atoms with Crippen LogP contribution in [0.3, 0.4) is 0 Å². The van der Waals surface area contributed by atoms with Gasteiger partial charge >= 0.3 is 0 Å². The Morgan fingerprint density at radius 1 is 1.33 bits per heavy atom. The fourth-order valence-electron chi connectivity index (χ4n) is 0.572. The molecule has 1 heterocycles. The van der Waals surface area contributed by atoms with Gasteiger partial charge in [0.1, 0.15) is 0 Å². The summed E-state index contributed by atoms with van der Waals surface area (Å²) in [5, 5.41) is 3.00. The van der Waals surface area contributed by atoms with E-state index in [1.54, 1.807) is 12.5 Å². The number of aromatic amines is 1. The Labute approximate surface area is 75.6 Å². The molecule has 0 spiro atoms. The second-order valence-corrected chi connectivity index (χ2v) is 1.61. The maximum absolute atomic E-state index is 3.85. The summed E-state index contributed by atoms with van der Waals surface area (Å²) in [6.45, 7) is 8.86. The Morgan fingerprint density at radius 3 is 2.25 bits per heavy atom. The van der Waals surface area contributed by atoms with E-state index in [1.165, 1.54) is 0 Å². The highest BCUT2D eigenvalue weighted by atomic mass is 14.9. The van der Waals surface area contributed by atoms with E-state index in [1.807, 2.05) is 34.7 Å². The van der Waals surface area contributed by atoms with Crippen LogP contribution in [0.25, 0.3) is 0 Å². The second-order valence-electron chi connectivity index (χ2n) is 1.61. The smallest absolute Gasteiger partial charge is 0.0922 e.